The molecule has 1 aromatic carbocycles. The molecule has 2 rings (SSSR count). The first kappa shape index (κ1) is 12.9. The maximum atomic E-state index is 11.4. The van der Waals surface area contributed by atoms with E-state index >= 15 is 0 Å². The minimum Gasteiger partial charge on any atom is -0.507 e. The van der Waals surface area contributed by atoms with Crippen molar-refractivity contribution >= 4 is 5.91 Å². The lowest BCUT2D eigenvalue weighted by atomic mass is 10.0. The second-order valence-corrected chi connectivity index (χ2v) is 4.97. The van der Waals surface area contributed by atoms with Gasteiger partial charge in [-0.3, -0.25) is 4.79 Å². The number of likely N-dealkylation sites (N-methyl/N-ethyl adjacent to an activating group) is 1. The number of rotatable bonds is 3. The van der Waals surface area contributed by atoms with Gasteiger partial charge in [0.25, 0.3) is 0 Å². The highest BCUT2D eigenvalue weighted by Gasteiger charge is 2.22. The number of hydrogen-bond donors (Lipinski definition) is 2. The summed E-state index contributed by atoms with van der Waals surface area (Å²) < 4.78 is 0. The maximum Gasteiger partial charge on any atom is 0.222 e. The molecule has 0 aliphatic carbocycles. The van der Waals surface area contributed by atoms with Gasteiger partial charge in [0.15, 0.2) is 0 Å². The number of piperidine rings is 1. The Labute approximate surface area is 108 Å². The molecule has 1 aliphatic rings. The van der Waals surface area contributed by atoms with Crippen LogP contribution in [0.4, 0.5) is 0 Å². The summed E-state index contributed by atoms with van der Waals surface area (Å²) in [6.07, 6.45) is 1.48. The largest absolute Gasteiger partial charge is 0.507 e. The van der Waals surface area contributed by atoms with Crippen LogP contribution in [0.25, 0.3) is 0 Å². The fourth-order valence-electron chi connectivity index (χ4n) is 2.30. The molecule has 1 aliphatic heterocycles. The monoisotopic (exact) mass is 248 g/mol. The number of aryl methyl sites for hydroxylation is 1. The van der Waals surface area contributed by atoms with Gasteiger partial charge in [-0.1, -0.05) is 18.2 Å². The number of phenols is 1. The summed E-state index contributed by atoms with van der Waals surface area (Å²) in [5, 5.41) is 13.3. The van der Waals surface area contributed by atoms with Crippen LogP contribution in [0.5, 0.6) is 5.75 Å². The van der Waals surface area contributed by atoms with Crippen molar-refractivity contribution < 1.29 is 9.90 Å². The van der Waals surface area contributed by atoms with Crippen molar-refractivity contribution in [3.05, 3.63) is 29.3 Å². The SMILES string of the molecule is Cc1cccc(CNC2CCC(=O)N(C)C2)c1O. The van der Waals surface area contributed by atoms with Gasteiger partial charge in [-0.15, -0.1) is 0 Å². The molecule has 1 atom stereocenters. The third-order valence-electron chi connectivity index (χ3n) is 3.53. The molecule has 1 aromatic rings. The second kappa shape index (κ2) is 5.40. The van der Waals surface area contributed by atoms with Gasteiger partial charge in [-0.25, -0.2) is 0 Å². The van der Waals surface area contributed by atoms with Crippen LogP contribution < -0.4 is 5.32 Å². The van der Waals surface area contributed by atoms with Gasteiger partial charge in [-0.2, -0.15) is 0 Å². The summed E-state index contributed by atoms with van der Waals surface area (Å²) in [6.45, 7) is 3.28. The molecule has 98 valence electrons. The highest BCUT2D eigenvalue weighted by Crippen LogP contribution is 2.21. The van der Waals surface area contributed by atoms with Crippen LogP contribution >= 0.6 is 0 Å². The fourth-order valence-corrected chi connectivity index (χ4v) is 2.30. The predicted molar refractivity (Wildman–Crippen MR) is 70.3 cm³/mol. The summed E-state index contributed by atoms with van der Waals surface area (Å²) in [5.74, 6) is 0.580. The lowest BCUT2D eigenvalue weighted by molar-refractivity contribution is -0.132. The second-order valence-electron chi connectivity index (χ2n) is 4.97. The third kappa shape index (κ3) is 2.82. The molecule has 1 amide bonds. The molecule has 0 spiro atoms. The number of hydrogen-bond acceptors (Lipinski definition) is 3. The number of nitrogens with one attached hydrogen (secondary N) is 1. The van der Waals surface area contributed by atoms with Gasteiger partial charge >= 0.3 is 0 Å². The number of para-hydroxylation sites is 1. The molecule has 0 saturated carbocycles. The van der Waals surface area contributed by atoms with Crippen molar-refractivity contribution in [2.75, 3.05) is 13.6 Å². The van der Waals surface area contributed by atoms with E-state index < -0.39 is 0 Å². The lowest BCUT2D eigenvalue weighted by Crippen LogP contribution is -2.46. The fraction of sp³-hybridized carbons (Fsp3) is 0.500. The van der Waals surface area contributed by atoms with Crippen molar-refractivity contribution in [3.8, 4) is 5.75 Å². The molecule has 4 nitrogen and oxygen atoms in total. The van der Waals surface area contributed by atoms with Crippen LogP contribution in [-0.4, -0.2) is 35.5 Å². The first-order valence-electron chi connectivity index (χ1n) is 6.32. The highest BCUT2D eigenvalue weighted by atomic mass is 16.3. The number of carbonyl (C=O) groups excluding carboxylic acids is 1. The van der Waals surface area contributed by atoms with Gasteiger partial charge in [0.2, 0.25) is 5.91 Å². The zero-order valence-corrected chi connectivity index (χ0v) is 10.9. The predicted octanol–water partition coefficient (Wildman–Crippen LogP) is 1.41. The van der Waals surface area contributed by atoms with Crippen LogP contribution in [0, 0.1) is 6.92 Å². The average Bonchev–Trinajstić information content (AvgIpc) is 2.35. The Kier molecular flexibility index (Phi) is 3.87. The molecule has 2 N–H and O–H groups in total. The van der Waals surface area contributed by atoms with Crippen molar-refractivity contribution in [1.82, 2.24) is 10.2 Å². The van der Waals surface area contributed by atoms with E-state index in [-0.39, 0.29) is 5.91 Å². The van der Waals surface area contributed by atoms with Crippen molar-refractivity contribution in [1.29, 1.82) is 0 Å². The van der Waals surface area contributed by atoms with Crippen LogP contribution in [0.15, 0.2) is 18.2 Å². The van der Waals surface area contributed by atoms with E-state index in [0.717, 1.165) is 24.1 Å². The van der Waals surface area contributed by atoms with E-state index in [0.29, 0.717) is 24.8 Å². The Morgan fingerprint density at radius 1 is 1.50 bits per heavy atom. The zero-order valence-electron chi connectivity index (χ0n) is 10.9. The van der Waals surface area contributed by atoms with Gasteiger partial charge in [-0.05, 0) is 18.9 Å². The van der Waals surface area contributed by atoms with Gasteiger partial charge < -0.3 is 15.3 Å². The van der Waals surface area contributed by atoms with E-state index in [9.17, 15) is 9.90 Å². The number of likely N-dealkylation sites (tertiary alicyclic amines) is 1. The summed E-state index contributed by atoms with van der Waals surface area (Å²) in [7, 11) is 1.83. The lowest BCUT2D eigenvalue weighted by Gasteiger charge is -2.30. The molecule has 0 radical (unpaired) electrons. The summed E-state index contributed by atoms with van der Waals surface area (Å²) >= 11 is 0. The maximum absolute atomic E-state index is 11.4. The quantitative estimate of drug-likeness (QED) is 0.850. The smallest absolute Gasteiger partial charge is 0.222 e. The van der Waals surface area contributed by atoms with E-state index in [1.165, 1.54) is 0 Å². The minimum absolute atomic E-state index is 0.214. The van der Waals surface area contributed by atoms with Crippen LogP contribution in [-0.2, 0) is 11.3 Å². The molecule has 1 heterocycles. The number of amides is 1. The van der Waals surface area contributed by atoms with Crippen molar-refractivity contribution in [2.24, 2.45) is 0 Å². The molecule has 1 unspecified atom stereocenters. The zero-order chi connectivity index (χ0) is 13.1. The highest BCUT2D eigenvalue weighted by molar-refractivity contribution is 5.76. The molecule has 4 heteroatoms. The van der Waals surface area contributed by atoms with Crippen LogP contribution in [0.3, 0.4) is 0 Å². The van der Waals surface area contributed by atoms with Gasteiger partial charge in [0.1, 0.15) is 5.75 Å². The minimum atomic E-state index is 0.214. The number of benzene rings is 1. The Morgan fingerprint density at radius 3 is 3.00 bits per heavy atom. The van der Waals surface area contributed by atoms with Crippen molar-refractivity contribution in [3.63, 3.8) is 0 Å². The Balaban J connectivity index is 1.92. The molecule has 1 saturated heterocycles. The number of aromatic hydroxyl groups is 1. The summed E-state index contributed by atoms with van der Waals surface area (Å²) in [5.41, 5.74) is 1.81. The Hall–Kier alpha value is -1.55. The summed E-state index contributed by atoms with van der Waals surface area (Å²) in [4.78, 5) is 13.1. The summed E-state index contributed by atoms with van der Waals surface area (Å²) in [6, 6.07) is 6.08. The standard InChI is InChI=1S/C14H20N2O2/c1-10-4-3-5-11(14(10)18)8-15-12-6-7-13(17)16(2)9-12/h3-5,12,15,18H,6-9H2,1-2H3. The number of phenolic OH excluding ortho intramolecular Hbond substituents is 1. The number of nitrogens with zero attached hydrogens (tertiary/aromatic N) is 1. The molecule has 18 heavy (non-hydrogen) atoms. The third-order valence-corrected chi connectivity index (χ3v) is 3.53. The topological polar surface area (TPSA) is 52.6 Å². The van der Waals surface area contributed by atoms with Crippen molar-refractivity contribution in [2.45, 2.75) is 32.4 Å². The molecular weight excluding hydrogens is 228 g/mol. The van der Waals surface area contributed by atoms with E-state index in [1.807, 2.05) is 32.2 Å². The van der Waals surface area contributed by atoms with E-state index in [1.54, 1.807) is 4.90 Å². The normalized spacial score (nSPS) is 20.2. The van der Waals surface area contributed by atoms with E-state index in [4.69, 9.17) is 0 Å². The van der Waals surface area contributed by atoms with Crippen LogP contribution in [0.2, 0.25) is 0 Å². The molecule has 0 bridgehead atoms. The van der Waals surface area contributed by atoms with Gasteiger partial charge in [0.05, 0.1) is 0 Å². The molecule has 0 aromatic heterocycles. The molecular formula is C14H20N2O2. The molecule has 1 fully saturated rings. The average molecular weight is 248 g/mol. The first-order valence-corrected chi connectivity index (χ1v) is 6.32. The first-order chi connectivity index (χ1) is 8.58. The van der Waals surface area contributed by atoms with Gasteiger partial charge in [0, 0.05) is 38.2 Å². The number of carbonyl (C=O) groups is 1. The van der Waals surface area contributed by atoms with E-state index in [2.05, 4.69) is 5.32 Å². The Morgan fingerprint density at radius 2 is 2.28 bits per heavy atom. The Bertz CT molecular complexity index is 445. The van der Waals surface area contributed by atoms with Crippen LogP contribution in [0.1, 0.15) is 24.0 Å².